The molecule has 1 amide bonds. The molecule has 6 rings (SSSR count). The van der Waals surface area contributed by atoms with E-state index in [-0.39, 0.29) is 38.8 Å². The zero-order valence-electron chi connectivity index (χ0n) is 27.8. The van der Waals surface area contributed by atoms with Gasteiger partial charge in [-0.3, -0.25) is 9.69 Å². The minimum absolute atomic E-state index is 0.0899. The van der Waals surface area contributed by atoms with Gasteiger partial charge in [0.2, 0.25) is 0 Å². The molecule has 7 heteroatoms. The maximum Gasteiger partial charge on any atom is 0.410 e. The fraction of sp³-hybridized carbons (Fsp3) is 0.209. The summed E-state index contributed by atoms with van der Waals surface area (Å²) in [5, 5.41) is 0. The monoisotopic (exact) mass is 667 g/mol. The molecule has 0 unspecified atom stereocenters. The molecule has 5 aromatic rings. The summed E-state index contributed by atoms with van der Waals surface area (Å²) in [7, 11) is 0. The van der Waals surface area contributed by atoms with Gasteiger partial charge in [0.1, 0.15) is 24.9 Å². The molecule has 0 bridgehead atoms. The molecule has 5 aromatic carbocycles. The molecule has 7 nitrogen and oxygen atoms in total. The van der Waals surface area contributed by atoms with Crippen molar-refractivity contribution in [2.24, 2.45) is 0 Å². The van der Waals surface area contributed by atoms with Gasteiger partial charge in [-0.15, -0.1) is 0 Å². The first-order valence-corrected chi connectivity index (χ1v) is 16.8. The molecule has 0 saturated heterocycles. The van der Waals surface area contributed by atoms with Crippen LogP contribution in [0.25, 0.3) is 0 Å². The smallest absolute Gasteiger partial charge is 0.410 e. The Morgan fingerprint density at radius 2 is 0.900 bits per heavy atom. The molecule has 0 radical (unpaired) electrons. The summed E-state index contributed by atoms with van der Waals surface area (Å²) in [6, 6.07) is 47.8. The fourth-order valence-electron chi connectivity index (χ4n) is 5.93. The van der Waals surface area contributed by atoms with Gasteiger partial charge in [-0.1, -0.05) is 158 Å². The Bertz CT molecular complexity index is 1780. The second-order valence-electron chi connectivity index (χ2n) is 12.1. The van der Waals surface area contributed by atoms with Gasteiger partial charge in [0.25, 0.3) is 0 Å². The number of benzene rings is 5. The van der Waals surface area contributed by atoms with E-state index in [1.807, 2.05) is 152 Å². The second-order valence-corrected chi connectivity index (χ2v) is 12.1. The Morgan fingerprint density at radius 1 is 0.500 bits per heavy atom. The van der Waals surface area contributed by atoms with Gasteiger partial charge in [0.15, 0.2) is 5.78 Å². The van der Waals surface area contributed by atoms with Crippen molar-refractivity contribution < 1.29 is 28.5 Å². The number of ketones is 1. The van der Waals surface area contributed by atoms with E-state index in [2.05, 4.69) is 0 Å². The van der Waals surface area contributed by atoms with Crippen LogP contribution in [-0.2, 0) is 56.7 Å². The summed E-state index contributed by atoms with van der Waals surface area (Å²) in [4.78, 5) is 29.8. The fourth-order valence-corrected chi connectivity index (χ4v) is 5.93. The maximum absolute atomic E-state index is 14.2. The molecule has 50 heavy (non-hydrogen) atoms. The summed E-state index contributed by atoms with van der Waals surface area (Å²) in [5.41, 5.74) is 4.55. The summed E-state index contributed by atoms with van der Waals surface area (Å²) in [5.74, 6) is -0.271. The van der Waals surface area contributed by atoms with Crippen LogP contribution in [0.3, 0.4) is 0 Å². The number of carbonyl (C=O) groups excluding carboxylic acids is 2. The average molecular weight is 668 g/mol. The van der Waals surface area contributed by atoms with Crippen LogP contribution < -0.4 is 0 Å². The number of amides is 1. The van der Waals surface area contributed by atoms with Crippen molar-refractivity contribution in [2.45, 2.75) is 57.3 Å². The molecule has 0 saturated carbocycles. The lowest BCUT2D eigenvalue weighted by Crippen LogP contribution is -2.55. The van der Waals surface area contributed by atoms with Gasteiger partial charge < -0.3 is 18.9 Å². The Labute approximate surface area is 293 Å². The lowest BCUT2D eigenvalue weighted by atomic mass is 9.99. The van der Waals surface area contributed by atoms with Gasteiger partial charge in [-0.25, -0.2) is 4.79 Å². The third-order valence-electron chi connectivity index (χ3n) is 8.54. The zero-order chi connectivity index (χ0) is 34.4. The highest BCUT2D eigenvalue weighted by Gasteiger charge is 2.45. The van der Waals surface area contributed by atoms with Crippen molar-refractivity contribution >= 4 is 11.9 Å². The topological polar surface area (TPSA) is 74.3 Å². The number of rotatable bonds is 14. The lowest BCUT2D eigenvalue weighted by Gasteiger charge is -2.39. The Kier molecular flexibility index (Phi) is 12.3. The van der Waals surface area contributed by atoms with Crippen LogP contribution in [0.1, 0.15) is 27.8 Å². The van der Waals surface area contributed by atoms with E-state index in [0.29, 0.717) is 0 Å². The first kappa shape index (κ1) is 34.5. The predicted octanol–water partition coefficient (Wildman–Crippen LogP) is 8.09. The van der Waals surface area contributed by atoms with Crippen molar-refractivity contribution in [1.29, 1.82) is 0 Å². The Morgan fingerprint density at radius 3 is 1.38 bits per heavy atom. The van der Waals surface area contributed by atoms with Crippen molar-refractivity contribution in [2.75, 3.05) is 0 Å². The summed E-state index contributed by atoms with van der Waals surface area (Å²) in [6.45, 7) is 0.924. The van der Waals surface area contributed by atoms with E-state index in [1.165, 1.54) is 6.08 Å². The van der Waals surface area contributed by atoms with Gasteiger partial charge >= 0.3 is 6.09 Å². The van der Waals surface area contributed by atoms with E-state index in [1.54, 1.807) is 11.0 Å². The number of ether oxygens (including phenoxy) is 4. The SMILES string of the molecule is O=C1C=C[C@H](N(Cc2ccccc2)C(=O)OCc2ccccc2)[C@H](OCc2ccccc2)[C@@H](OCc2ccccc2)[C@@H]1OCc1ccccc1. The molecule has 254 valence electrons. The van der Waals surface area contributed by atoms with E-state index < -0.39 is 30.4 Å². The first-order valence-electron chi connectivity index (χ1n) is 16.8. The van der Waals surface area contributed by atoms with Crippen molar-refractivity contribution in [3.8, 4) is 0 Å². The molecule has 0 fully saturated rings. The number of carbonyl (C=O) groups is 2. The highest BCUT2D eigenvalue weighted by Crippen LogP contribution is 2.29. The first-order chi connectivity index (χ1) is 24.6. The molecule has 0 heterocycles. The predicted molar refractivity (Wildman–Crippen MR) is 192 cm³/mol. The van der Waals surface area contributed by atoms with Gasteiger partial charge in [0, 0.05) is 6.54 Å². The molecular formula is C43H41NO6. The Hall–Kier alpha value is -5.34. The van der Waals surface area contributed by atoms with E-state index in [4.69, 9.17) is 18.9 Å². The summed E-state index contributed by atoms with van der Waals surface area (Å²) in [6.07, 6.45) is -0.0487. The number of hydrogen-bond donors (Lipinski definition) is 0. The standard InChI is InChI=1S/C43H41NO6/c45-39-27-26-38(44(28-33-16-6-1-7-17-33)43(46)50-32-37-24-14-5-15-25-37)40(47-29-34-18-8-2-9-19-34)42(49-31-36-22-12-4-13-23-36)41(39)48-30-35-20-10-3-11-21-35/h1-27,38,40-42H,28-32H2/t38-,40-,41+,42+/m0/s1. The van der Waals surface area contributed by atoms with Crippen LogP contribution in [0, 0.1) is 0 Å². The molecule has 0 aromatic heterocycles. The molecular weight excluding hydrogens is 626 g/mol. The highest BCUT2D eigenvalue weighted by atomic mass is 16.6. The molecule has 1 aliphatic carbocycles. The highest BCUT2D eigenvalue weighted by molar-refractivity contribution is 5.94. The number of hydrogen-bond acceptors (Lipinski definition) is 6. The van der Waals surface area contributed by atoms with E-state index >= 15 is 0 Å². The van der Waals surface area contributed by atoms with Crippen LogP contribution in [-0.4, -0.2) is 41.1 Å². The lowest BCUT2D eigenvalue weighted by molar-refractivity contribution is -0.169. The Balaban J connectivity index is 1.38. The van der Waals surface area contributed by atoms with Gasteiger partial charge in [-0.2, -0.15) is 0 Å². The summed E-state index contributed by atoms with van der Waals surface area (Å²) >= 11 is 0. The molecule has 0 aliphatic heterocycles. The van der Waals surface area contributed by atoms with Crippen LogP contribution >= 0.6 is 0 Å². The second kappa shape index (κ2) is 17.9. The van der Waals surface area contributed by atoms with Crippen LogP contribution in [0.2, 0.25) is 0 Å². The quantitative estimate of drug-likeness (QED) is 0.119. The van der Waals surface area contributed by atoms with E-state index in [9.17, 15) is 9.59 Å². The van der Waals surface area contributed by atoms with Gasteiger partial charge in [-0.05, 0) is 33.9 Å². The van der Waals surface area contributed by atoms with Crippen LogP contribution in [0.5, 0.6) is 0 Å². The van der Waals surface area contributed by atoms with E-state index in [0.717, 1.165) is 27.8 Å². The van der Waals surface area contributed by atoms with Crippen molar-refractivity contribution in [3.63, 3.8) is 0 Å². The largest absolute Gasteiger partial charge is 0.445 e. The molecule has 4 atom stereocenters. The normalized spacial score (nSPS) is 18.7. The van der Waals surface area contributed by atoms with Crippen molar-refractivity contribution in [1.82, 2.24) is 4.90 Å². The molecule has 0 N–H and O–H groups in total. The minimum Gasteiger partial charge on any atom is -0.445 e. The third-order valence-corrected chi connectivity index (χ3v) is 8.54. The van der Waals surface area contributed by atoms with Gasteiger partial charge in [0.05, 0.1) is 25.9 Å². The third kappa shape index (κ3) is 9.64. The summed E-state index contributed by atoms with van der Waals surface area (Å²) < 4.78 is 25.8. The van der Waals surface area contributed by atoms with Crippen LogP contribution in [0.4, 0.5) is 4.79 Å². The van der Waals surface area contributed by atoms with Crippen LogP contribution in [0.15, 0.2) is 164 Å². The molecule has 0 spiro atoms. The number of nitrogens with zero attached hydrogens (tertiary/aromatic N) is 1. The van der Waals surface area contributed by atoms with Crippen molar-refractivity contribution in [3.05, 3.63) is 192 Å². The average Bonchev–Trinajstić information content (AvgIpc) is 3.30. The molecule has 1 aliphatic rings. The minimum atomic E-state index is -1.01. The maximum atomic E-state index is 14.2. The zero-order valence-corrected chi connectivity index (χ0v) is 27.8.